The first-order chi connectivity index (χ1) is 10.0. The van der Waals surface area contributed by atoms with Gasteiger partial charge in [0.25, 0.3) is 5.91 Å². The van der Waals surface area contributed by atoms with Crippen molar-refractivity contribution in [2.75, 3.05) is 12.4 Å². The Labute approximate surface area is 131 Å². The molecule has 0 saturated heterocycles. The first-order valence-corrected chi connectivity index (χ1v) is 7.34. The predicted molar refractivity (Wildman–Crippen MR) is 86.0 cm³/mol. The van der Waals surface area contributed by atoms with E-state index < -0.39 is 0 Å². The fourth-order valence-corrected chi connectivity index (χ4v) is 2.42. The highest BCUT2D eigenvalue weighted by atomic mass is 79.9. The first-order valence-electron chi connectivity index (χ1n) is 6.55. The summed E-state index contributed by atoms with van der Waals surface area (Å²) in [4.78, 5) is 11.5. The highest BCUT2D eigenvalue weighted by Gasteiger charge is 2.11. The van der Waals surface area contributed by atoms with E-state index in [0.717, 1.165) is 10.2 Å². The van der Waals surface area contributed by atoms with Gasteiger partial charge in [-0.25, -0.2) is 4.39 Å². The average molecular weight is 351 g/mol. The number of hydrogen-bond donors (Lipinski definition) is 2. The molecular weight excluding hydrogens is 335 g/mol. The second-order valence-corrected chi connectivity index (χ2v) is 5.60. The molecule has 21 heavy (non-hydrogen) atoms. The molecule has 5 heteroatoms. The van der Waals surface area contributed by atoms with Gasteiger partial charge in [-0.2, -0.15) is 0 Å². The summed E-state index contributed by atoms with van der Waals surface area (Å²) >= 11 is 3.34. The maximum absolute atomic E-state index is 13.8. The van der Waals surface area contributed by atoms with Crippen molar-refractivity contribution in [3.8, 4) is 0 Å². The van der Waals surface area contributed by atoms with Crippen molar-refractivity contribution in [3.63, 3.8) is 0 Å². The van der Waals surface area contributed by atoms with Crippen molar-refractivity contribution in [2.45, 2.75) is 13.0 Å². The summed E-state index contributed by atoms with van der Waals surface area (Å²) in [6, 6.07) is 11.7. The third kappa shape index (κ3) is 3.82. The number of benzene rings is 2. The summed E-state index contributed by atoms with van der Waals surface area (Å²) in [5.41, 5.74) is 2.00. The topological polar surface area (TPSA) is 41.1 Å². The Balaban J connectivity index is 2.14. The molecule has 0 aromatic heterocycles. The summed E-state index contributed by atoms with van der Waals surface area (Å²) in [7, 11) is 1.59. The van der Waals surface area contributed by atoms with Crippen LogP contribution in [0.15, 0.2) is 46.9 Å². The summed E-state index contributed by atoms with van der Waals surface area (Å²) in [5.74, 6) is -0.382. The molecule has 1 atom stereocenters. The Morgan fingerprint density at radius 2 is 1.86 bits per heavy atom. The molecule has 0 aliphatic carbocycles. The van der Waals surface area contributed by atoms with Crippen LogP contribution in [-0.4, -0.2) is 13.0 Å². The van der Waals surface area contributed by atoms with Crippen molar-refractivity contribution in [1.29, 1.82) is 0 Å². The fraction of sp³-hybridized carbons (Fsp3) is 0.188. The van der Waals surface area contributed by atoms with Crippen LogP contribution in [0.4, 0.5) is 10.1 Å². The van der Waals surface area contributed by atoms with E-state index in [0.29, 0.717) is 11.1 Å². The lowest BCUT2D eigenvalue weighted by atomic mass is 10.1. The summed E-state index contributed by atoms with van der Waals surface area (Å²) in [6.07, 6.45) is 0. The van der Waals surface area contributed by atoms with Gasteiger partial charge in [-0.1, -0.05) is 15.9 Å². The van der Waals surface area contributed by atoms with Gasteiger partial charge >= 0.3 is 0 Å². The summed E-state index contributed by atoms with van der Waals surface area (Å²) in [5, 5.41) is 5.78. The zero-order chi connectivity index (χ0) is 15.4. The Kier molecular flexibility index (Phi) is 4.96. The number of carbonyl (C=O) groups excluding carboxylic acids is 1. The standard InChI is InChI=1S/C16H16BrFN2O/c1-10(14-9-12(17)5-8-15(14)18)20-13-6-3-11(4-7-13)16(21)19-2/h3-10,20H,1-2H3,(H,19,21). The second kappa shape index (κ2) is 6.72. The molecule has 0 bridgehead atoms. The van der Waals surface area contributed by atoms with E-state index in [1.807, 2.05) is 6.92 Å². The van der Waals surface area contributed by atoms with Crippen LogP contribution in [0.1, 0.15) is 28.9 Å². The quantitative estimate of drug-likeness (QED) is 0.870. The van der Waals surface area contributed by atoms with Crippen molar-refractivity contribution in [3.05, 3.63) is 63.9 Å². The zero-order valence-corrected chi connectivity index (χ0v) is 13.4. The highest BCUT2D eigenvalue weighted by Crippen LogP contribution is 2.25. The number of hydrogen-bond acceptors (Lipinski definition) is 2. The molecule has 110 valence electrons. The van der Waals surface area contributed by atoms with Gasteiger partial charge in [0, 0.05) is 28.3 Å². The minimum absolute atomic E-state index is 0.132. The van der Waals surface area contributed by atoms with Gasteiger partial charge in [0.05, 0.1) is 6.04 Å². The molecule has 2 N–H and O–H groups in total. The SMILES string of the molecule is CNC(=O)c1ccc(NC(C)c2cc(Br)ccc2F)cc1. The van der Waals surface area contributed by atoms with Crippen LogP contribution in [0.25, 0.3) is 0 Å². The molecule has 0 heterocycles. The molecule has 2 aromatic rings. The van der Waals surface area contributed by atoms with Gasteiger partial charge < -0.3 is 10.6 Å². The van der Waals surface area contributed by atoms with Crippen LogP contribution in [0.3, 0.4) is 0 Å². The van der Waals surface area contributed by atoms with Crippen molar-refractivity contribution in [1.82, 2.24) is 5.32 Å². The minimum Gasteiger partial charge on any atom is -0.378 e. The van der Waals surface area contributed by atoms with Crippen LogP contribution in [0.2, 0.25) is 0 Å². The van der Waals surface area contributed by atoms with Crippen LogP contribution in [-0.2, 0) is 0 Å². The predicted octanol–water partition coefficient (Wildman–Crippen LogP) is 4.12. The Morgan fingerprint density at radius 1 is 1.19 bits per heavy atom. The fourth-order valence-electron chi connectivity index (χ4n) is 2.04. The lowest BCUT2D eigenvalue weighted by Crippen LogP contribution is -2.17. The Morgan fingerprint density at radius 3 is 2.48 bits per heavy atom. The summed E-state index contributed by atoms with van der Waals surface area (Å²) in [6.45, 7) is 1.89. The second-order valence-electron chi connectivity index (χ2n) is 4.69. The van der Waals surface area contributed by atoms with Gasteiger partial charge in [0.2, 0.25) is 0 Å². The van der Waals surface area contributed by atoms with Gasteiger partial charge in [0.1, 0.15) is 5.82 Å². The number of nitrogens with one attached hydrogen (secondary N) is 2. The number of carbonyl (C=O) groups is 1. The van der Waals surface area contributed by atoms with E-state index in [4.69, 9.17) is 0 Å². The third-order valence-electron chi connectivity index (χ3n) is 3.18. The summed E-state index contributed by atoms with van der Waals surface area (Å²) < 4.78 is 14.7. The van der Waals surface area contributed by atoms with Crippen LogP contribution >= 0.6 is 15.9 Å². The molecule has 0 aliphatic heterocycles. The number of anilines is 1. The molecule has 1 amide bonds. The molecule has 3 nitrogen and oxygen atoms in total. The van der Waals surface area contributed by atoms with E-state index in [-0.39, 0.29) is 17.8 Å². The van der Waals surface area contributed by atoms with Crippen LogP contribution in [0.5, 0.6) is 0 Å². The van der Waals surface area contributed by atoms with E-state index in [1.54, 1.807) is 43.4 Å². The Hall–Kier alpha value is -1.88. The van der Waals surface area contributed by atoms with Crippen molar-refractivity contribution < 1.29 is 9.18 Å². The van der Waals surface area contributed by atoms with E-state index in [1.165, 1.54) is 6.07 Å². The minimum atomic E-state index is -0.250. The first kappa shape index (κ1) is 15.5. The molecule has 0 radical (unpaired) electrons. The average Bonchev–Trinajstić information content (AvgIpc) is 2.49. The van der Waals surface area contributed by atoms with Crippen LogP contribution in [0, 0.1) is 5.82 Å². The third-order valence-corrected chi connectivity index (χ3v) is 3.68. The van der Waals surface area contributed by atoms with Gasteiger partial charge in [-0.05, 0) is 49.4 Å². The van der Waals surface area contributed by atoms with Crippen LogP contribution < -0.4 is 10.6 Å². The van der Waals surface area contributed by atoms with Gasteiger partial charge in [-0.15, -0.1) is 0 Å². The maximum atomic E-state index is 13.8. The monoisotopic (exact) mass is 350 g/mol. The van der Waals surface area contributed by atoms with Gasteiger partial charge in [-0.3, -0.25) is 4.79 Å². The van der Waals surface area contributed by atoms with E-state index in [9.17, 15) is 9.18 Å². The normalized spacial score (nSPS) is 11.8. The maximum Gasteiger partial charge on any atom is 0.251 e. The molecule has 2 aromatic carbocycles. The molecule has 2 rings (SSSR count). The molecule has 0 saturated carbocycles. The zero-order valence-electron chi connectivity index (χ0n) is 11.8. The molecule has 0 fully saturated rings. The number of rotatable bonds is 4. The van der Waals surface area contributed by atoms with Crippen molar-refractivity contribution >= 4 is 27.5 Å². The molecule has 1 unspecified atom stereocenters. The van der Waals surface area contributed by atoms with Gasteiger partial charge in [0.15, 0.2) is 0 Å². The number of amides is 1. The number of halogens is 2. The van der Waals surface area contributed by atoms with E-state index >= 15 is 0 Å². The van der Waals surface area contributed by atoms with E-state index in [2.05, 4.69) is 26.6 Å². The smallest absolute Gasteiger partial charge is 0.251 e. The lowest BCUT2D eigenvalue weighted by molar-refractivity contribution is 0.0963. The lowest BCUT2D eigenvalue weighted by Gasteiger charge is -2.17. The largest absolute Gasteiger partial charge is 0.378 e. The molecule has 0 aliphatic rings. The highest BCUT2D eigenvalue weighted by molar-refractivity contribution is 9.10. The Bertz CT molecular complexity index is 643. The molecular formula is C16H16BrFN2O. The van der Waals surface area contributed by atoms with Crippen molar-refractivity contribution in [2.24, 2.45) is 0 Å². The molecule has 0 spiro atoms.